The summed E-state index contributed by atoms with van der Waals surface area (Å²) in [5, 5.41) is 3.14. The maximum absolute atomic E-state index is 13.9. The van der Waals surface area contributed by atoms with E-state index in [1.807, 2.05) is 13.8 Å². The van der Waals surface area contributed by atoms with Crippen LogP contribution in [0.2, 0.25) is 10.0 Å². The first kappa shape index (κ1) is 30.4. The van der Waals surface area contributed by atoms with Gasteiger partial charge in [0.15, 0.2) is 0 Å². The molecule has 2 atom stereocenters. The fourth-order valence-corrected chi connectivity index (χ4v) is 5.63. The highest BCUT2D eigenvalue weighted by molar-refractivity contribution is 7.92. The zero-order valence-corrected chi connectivity index (χ0v) is 24.1. The second kappa shape index (κ2) is 13.3. The summed E-state index contributed by atoms with van der Waals surface area (Å²) < 4.78 is 42.0. The topological polar surface area (TPSA) is 86.8 Å². The molecular formula is C28H30Cl2FN3O4S. The van der Waals surface area contributed by atoms with Crippen LogP contribution in [0.3, 0.4) is 0 Å². The van der Waals surface area contributed by atoms with Gasteiger partial charge in [-0.25, -0.2) is 12.8 Å². The molecule has 3 aromatic rings. The lowest BCUT2D eigenvalue weighted by Crippen LogP contribution is -2.52. The number of nitrogens with one attached hydrogen (secondary N) is 1. The minimum atomic E-state index is -4.28. The molecule has 7 nitrogen and oxygen atoms in total. The quantitative estimate of drug-likeness (QED) is 0.311. The Labute approximate surface area is 238 Å². The van der Waals surface area contributed by atoms with Gasteiger partial charge in [0.2, 0.25) is 11.8 Å². The molecule has 0 spiro atoms. The number of nitrogens with zero attached hydrogens (tertiary/aromatic N) is 2. The highest BCUT2D eigenvalue weighted by Gasteiger charge is 2.33. The fourth-order valence-electron chi connectivity index (χ4n) is 3.74. The highest BCUT2D eigenvalue weighted by atomic mass is 35.5. The molecule has 0 aliphatic rings. The Kier molecular flexibility index (Phi) is 10.4. The summed E-state index contributed by atoms with van der Waals surface area (Å²) in [4.78, 5) is 28.1. The Bertz CT molecular complexity index is 1410. The third-order valence-electron chi connectivity index (χ3n) is 6.22. The largest absolute Gasteiger partial charge is 0.352 e. The minimum absolute atomic E-state index is 0.0137. The van der Waals surface area contributed by atoms with E-state index in [-0.39, 0.29) is 33.2 Å². The summed E-state index contributed by atoms with van der Waals surface area (Å²) in [5.74, 6) is -1.52. The predicted octanol–water partition coefficient (Wildman–Crippen LogP) is 5.66. The Morgan fingerprint density at radius 1 is 0.974 bits per heavy atom. The van der Waals surface area contributed by atoms with Gasteiger partial charge >= 0.3 is 0 Å². The van der Waals surface area contributed by atoms with Crippen molar-refractivity contribution in [3.63, 3.8) is 0 Å². The van der Waals surface area contributed by atoms with E-state index in [0.29, 0.717) is 12.0 Å². The van der Waals surface area contributed by atoms with E-state index in [4.69, 9.17) is 23.2 Å². The van der Waals surface area contributed by atoms with Crippen molar-refractivity contribution in [1.29, 1.82) is 0 Å². The SMILES string of the molecule is CC[C@@H](C)NC(=O)[C@@H](C)N(Cc1ccc(F)cc1)C(=O)CN(c1cc(Cl)ccc1Cl)S(=O)(=O)c1ccccc1. The second-order valence-electron chi connectivity index (χ2n) is 9.06. The highest BCUT2D eigenvalue weighted by Crippen LogP contribution is 2.33. The van der Waals surface area contributed by atoms with Crippen LogP contribution in [-0.4, -0.2) is 43.8 Å². The number of rotatable bonds is 11. The van der Waals surface area contributed by atoms with E-state index >= 15 is 0 Å². The molecule has 3 aromatic carbocycles. The van der Waals surface area contributed by atoms with Gasteiger partial charge in [-0.3, -0.25) is 13.9 Å². The number of anilines is 1. The molecule has 0 fully saturated rings. The molecule has 0 radical (unpaired) electrons. The summed E-state index contributed by atoms with van der Waals surface area (Å²) >= 11 is 12.6. The average Bonchev–Trinajstić information content (AvgIpc) is 2.92. The van der Waals surface area contributed by atoms with Gasteiger partial charge in [-0.2, -0.15) is 0 Å². The number of halogens is 3. The Hall–Kier alpha value is -3.14. The molecule has 0 aliphatic carbocycles. The molecule has 0 saturated carbocycles. The van der Waals surface area contributed by atoms with E-state index in [1.54, 1.807) is 25.1 Å². The van der Waals surface area contributed by atoms with Crippen LogP contribution >= 0.6 is 23.2 Å². The molecule has 0 saturated heterocycles. The van der Waals surface area contributed by atoms with Crippen LogP contribution in [-0.2, 0) is 26.2 Å². The minimum Gasteiger partial charge on any atom is -0.352 e. The summed E-state index contributed by atoms with van der Waals surface area (Å²) in [6.45, 7) is 4.59. The number of amides is 2. The number of hydrogen-bond acceptors (Lipinski definition) is 4. The normalized spacial score (nSPS) is 12.9. The lowest BCUT2D eigenvalue weighted by Gasteiger charge is -2.32. The van der Waals surface area contributed by atoms with Gasteiger partial charge in [-0.05, 0) is 68.3 Å². The number of benzene rings is 3. The zero-order chi connectivity index (χ0) is 28.7. The van der Waals surface area contributed by atoms with E-state index < -0.39 is 40.2 Å². The maximum atomic E-state index is 13.9. The van der Waals surface area contributed by atoms with Gasteiger partial charge in [0.1, 0.15) is 18.4 Å². The first-order valence-electron chi connectivity index (χ1n) is 12.3. The molecule has 3 rings (SSSR count). The number of carbonyl (C=O) groups is 2. The van der Waals surface area contributed by atoms with Crippen molar-refractivity contribution >= 4 is 50.7 Å². The number of carbonyl (C=O) groups excluding carboxylic acids is 2. The number of hydrogen-bond donors (Lipinski definition) is 1. The lowest BCUT2D eigenvalue weighted by molar-refractivity contribution is -0.139. The van der Waals surface area contributed by atoms with E-state index in [0.717, 1.165) is 4.31 Å². The van der Waals surface area contributed by atoms with Crippen LogP contribution in [0.15, 0.2) is 77.7 Å². The van der Waals surface area contributed by atoms with Crippen LogP contribution in [0.1, 0.15) is 32.8 Å². The first-order chi connectivity index (χ1) is 18.4. The van der Waals surface area contributed by atoms with Crippen LogP contribution in [0.5, 0.6) is 0 Å². The van der Waals surface area contributed by atoms with E-state index in [9.17, 15) is 22.4 Å². The molecule has 1 N–H and O–H groups in total. The standard InChI is InChI=1S/C28H30Cl2FN3O4S/c1-4-19(2)32-28(36)20(3)33(17-21-10-13-23(31)14-11-21)27(35)18-34(26-16-22(29)12-15-25(26)30)39(37,38)24-8-6-5-7-9-24/h5-16,19-20H,4,17-18H2,1-3H3,(H,32,36)/t19-,20-/m1/s1. The third-order valence-corrected chi connectivity index (χ3v) is 8.55. The van der Waals surface area contributed by atoms with Crippen molar-refractivity contribution in [3.05, 3.63) is 94.2 Å². The van der Waals surface area contributed by atoms with Crippen LogP contribution in [0.4, 0.5) is 10.1 Å². The summed E-state index contributed by atoms with van der Waals surface area (Å²) in [6.07, 6.45) is 0.681. The van der Waals surface area contributed by atoms with Gasteiger partial charge < -0.3 is 10.2 Å². The fraction of sp³-hybridized carbons (Fsp3) is 0.286. The van der Waals surface area contributed by atoms with E-state index in [2.05, 4.69) is 5.32 Å². The monoisotopic (exact) mass is 593 g/mol. The third kappa shape index (κ3) is 7.71. The van der Waals surface area contributed by atoms with Crippen molar-refractivity contribution in [2.75, 3.05) is 10.8 Å². The second-order valence-corrected chi connectivity index (χ2v) is 11.8. The Balaban J connectivity index is 2.05. The first-order valence-corrected chi connectivity index (χ1v) is 14.5. The van der Waals surface area contributed by atoms with Crippen molar-refractivity contribution < 1.29 is 22.4 Å². The van der Waals surface area contributed by atoms with Crippen LogP contribution in [0.25, 0.3) is 0 Å². The maximum Gasteiger partial charge on any atom is 0.264 e. The summed E-state index contributed by atoms with van der Waals surface area (Å²) in [5.41, 5.74) is 0.575. The van der Waals surface area contributed by atoms with Crippen LogP contribution < -0.4 is 9.62 Å². The molecule has 0 unspecified atom stereocenters. The molecule has 0 aliphatic heterocycles. The molecule has 0 bridgehead atoms. The smallest absolute Gasteiger partial charge is 0.264 e. The molecule has 11 heteroatoms. The summed E-state index contributed by atoms with van der Waals surface area (Å²) in [7, 11) is -4.28. The van der Waals surface area contributed by atoms with Crippen molar-refractivity contribution in [3.8, 4) is 0 Å². The Morgan fingerprint density at radius 3 is 2.23 bits per heavy atom. The molecule has 0 aromatic heterocycles. The van der Waals surface area contributed by atoms with Gasteiger partial charge in [-0.15, -0.1) is 0 Å². The van der Waals surface area contributed by atoms with Gasteiger partial charge in [0, 0.05) is 17.6 Å². The molecular weight excluding hydrogens is 564 g/mol. The Morgan fingerprint density at radius 2 is 1.62 bits per heavy atom. The zero-order valence-electron chi connectivity index (χ0n) is 21.8. The average molecular weight is 595 g/mol. The van der Waals surface area contributed by atoms with Gasteiger partial charge in [0.25, 0.3) is 10.0 Å². The molecule has 0 heterocycles. The van der Waals surface area contributed by atoms with Gasteiger partial charge in [-0.1, -0.05) is 60.5 Å². The summed E-state index contributed by atoms with van der Waals surface area (Å²) in [6, 6.07) is 16.3. The van der Waals surface area contributed by atoms with Crippen molar-refractivity contribution in [2.45, 2.75) is 50.7 Å². The van der Waals surface area contributed by atoms with Crippen molar-refractivity contribution in [2.24, 2.45) is 0 Å². The van der Waals surface area contributed by atoms with Gasteiger partial charge in [0.05, 0.1) is 15.6 Å². The predicted molar refractivity (Wildman–Crippen MR) is 152 cm³/mol. The number of sulfonamides is 1. The van der Waals surface area contributed by atoms with E-state index in [1.165, 1.54) is 59.5 Å². The molecule has 208 valence electrons. The lowest BCUT2D eigenvalue weighted by atomic mass is 10.1. The molecule has 39 heavy (non-hydrogen) atoms. The molecule has 2 amide bonds. The van der Waals surface area contributed by atoms with Crippen LogP contribution in [0, 0.1) is 5.82 Å². The van der Waals surface area contributed by atoms with Crippen molar-refractivity contribution in [1.82, 2.24) is 10.2 Å².